The zero-order valence-electron chi connectivity index (χ0n) is 19.3. The second-order valence-corrected chi connectivity index (χ2v) is 8.74. The van der Waals surface area contributed by atoms with Gasteiger partial charge in [0.2, 0.25) is 0 Å². The Morgan fingerprint density at radius 1 is 0.472 bits per heavy atom. The minimum atomic E-state index is 0.675. The number of rotatable bonds is 3. The maximum absolute atomic E-state index is 5.03. The van der Waals surface area contributed by atoms with Crippen LogP contribution in [0.3, 0.4) is 0 Å². The van der Waals surface area contributed by atoms with Crippen molar-refractivity contribution < 1.29 is 0 Å². The van der Waals surface area contributed by atoms with Gasteiger partial charge in [0.25, 0.3) is 0 Å². The summed E-state index contributed by atoms with van der Waals surface area (Å²) in [5.41, 5.74) is 7.20. The monoisotopic (exact) mass is 460 g/mol. The number of hydrogen-bond donors (Lipinski definition) is 0. The van der Waals surface area contributed by atoms with Crippen molar-refractivity contribution in [2.24, 2.45) is 0 Å². The molecule has 0 aliphatic heterocycles. The standard InChI is InChI=1S/C32H20N4/c1-3-11-22(12-4-1)29-26-18-19-27-31(30(26)36-32(35-29)23-13-5-2-6-14-23)33-20-28(34-27)25-17-9-15-21-10-7-8-16-24(21)25/h1-20H. The molecular weight excluding hydrogens is 440 g/mol. The summed E-state index contributed by atoms with van der Waals surface area (Å²) in [6, 6.07) is 39.0. The molecular formula is C32H20N4. The number of nitrogens with zero attached hydrogens (tertiary/aromatic N) is 4. The molecule has 0 unspecified atom stereocenters. The lowest BCUT2D eigenvalue weighted by Gasteiger charge is -2.12. The highest BCUT2D eigenvalue weighted by Crippen LogP contribution is 2.33. The van der Waals surface area contributed by atoms with Crippen LogP contribution in [0, 0.1) is 0 Å². The van der Waals surface area contributed by atoms with Crippen molar-refractivity contribution in [3.05, 3.63) is 121 Å². The number of fused-ring (bicyclic) bond motifs is 4. The van der Waals surface area contributed by atoms with Gasteiger partial charge in [-0.25, -0.2) is 15.0 Å². The molecule has 0 N–H and O–H groups in total. The SMILES string of the molecule is c1ccc(-c2nc(-c3ccccc3)c3ccc4nc(-c5cccc6ccccc56)cnc4c3n2)cc1. The van der Waals surface area contributed by atoms with Gasteiger partial charge in [0.1, 0.15) is 11.0 Å². The Morgan fingerprint density at radius 3 is 2.03 bits per heavy atom. The topological polar surface area (TPSA) is 51.6 Å². The van der Waals surface area contributed by atoms with Gasteiger partial charge >= 0.3 is 0 Å². The second-order valence-electron chi connectivity index (χ2n) is 8.74. The summed E-state index contributed by atoms with van der Waals surface area (Å²) in [4.78, 5) is 19.9. The van der Waals surface area contributed by atoms with E-state index in [0.29, 0.717) is 5.82 Å². The molecule has 0 saturated carbocycles. The molecule has 36 heavy (non-hydrogen) atoms. The molecule has 0 fully saturated rings. The minimum absolute atomic E-state index is 0.675. The fourth-order valence-electron chi connectivity index (χ4n) is 4.78. The minimum Gasteiger partial charge on any atom is -0.250 e. The Bertz CT molecular complexity index is 1880. The lowest BCUT2D eigenvalue weighted by molar-refractivity contribution is 1.22. The van der Waals surface area contributed by atoms with E-state index in [-0.39, 0.29) is 0 Å². The molecule has 0 bridgehead atoms. The van der Waals surface area contributed by atoms with Crippen molar-refractivity contribution >= 4 is 32.7 Å². The average molecular weight is 461 g/mol. The van der Waals surface area contributed by atoms with Crippen LogP contribution in [0.4, 0.5) is 0 Å². The van der Waals surface area contributed by atoms with Crippen LogP contribution in [0.25, 0.3) is 66.6 Å². The Hall–Kier alpha value is -4.96. The van der Waals surface area contributed by atoms with E-state index in [1.54, 1.807) is 0 Å². The van der Waals surface area contributed by atoms with Gasteiger partial charge in [-0.1, -0.05) is 103 Å². The zero-order chi connectivity index (χ0) is 23.9. The van der Waals surface area contributed by atoms with Crippen LogP contribution in [-0.2, 0) is 0 Å². The van der Waals surface area contributed by atoms with Gasteiger partial charge in [0, 0.05) is 22.1 Å². The van der Waals surface area contributed by atoms with Gasteiger partial charge in [0.15, 0.2) is 5.82 Å². The van der Waals surface area contributed by atoms with E-state index in [4.69, 9.17) is 19.9 Å². The van der Waals surface area contributed by atoms with E-state index in [1.807, 2.05) is 60.8 Å². The summed E-state index contributed by atoms with van der Waals surface area (Å²) >= 11 is 0. The number of aromatic nitrogens is 4. The molecule has 0 amide bonds. The average Bonchev–Trinajstić information content (AvgIpc) is 2.97. The molecule has 0 spiro atoms. The molecule has 5 aromatic carbocycles. The molecule has 0 aliphatic carbocycles. The fraction of sp³-hybridized carbons (Fsp3) is 0. The second kappa shape index (κ2) is 8.36. The van der Waals surface area contributed by atoms with Crippen molar-refractivity contribution in [3.63, 3.8) is 0 Å². The summed E-state index contributed by atoms with van der Waals surface area (Å²) in [5, 5.41) is 3.30. The van der Waals surface area contributed by atoms with Crippen molar-refractivity contribution in [2.45, 2.75) is 0 Å². The first-order valence-electron chi connectivity index (χ1n) is 11.9. The highest BCUT2D eigenvalue weighted by atomic mass is 14.9. The van der Waals surface area contributed by atoms with Crippen LogP contribution in [0.2, 0.25) is 0 Å². The highest BCUT2D eigenvalue weighted by molar-refractivity contribution is 6.07. The molecule has 0 aliphatic rings. The molecule has 168 valence electrons. The summed E-state index contributed by atoms with van der Waals surface area (Å²) in [7, 11) is 0. The van der Waals surface area contributed by atoms with E-state index >= 15 is 0 Å². The van der Waals surface area contributed by atoms with Crippen molar-refractivity contribution in [2.75, 3.05) is 0 Å². The first-order chi connectivity index (χ1) is 17.8. The van der Waals surface area contributed by atoms with E-state index in [2.05, 4.69) is 60.7 Å². The van der Waals surface area contributed by atoms with Crippen LogP contribution < -0.4 is 0 Å². The van der Waals surface area contributed by atoms with Gasteiger partial charge in [-0.05, 0) is 22.9 Å². The zero-order valence-corrected chi connectivity index (χ0v) is 19.3. The van der Waals surface area contributed by atoms with Crippen molar-refractivity contribution in [3.8, 4) is 33.9 Å². The molecule has 4 heteroatoms. The summed E-state index contributed by atoms with van der Waals surface area (Å²) in [6.07, 6.45) is 1.86. The van der Waals surface area contributed by atoms with Crippen molar-refractivity contribution in [1.82, 2.24) is 19.9 Å². The molecule has 2 aromatic heterocycles. The smallest absolute Gasteiger partial charge is 0.160 e. The van der Waals surface area contributed by atoms with Gasteiger partial charge in [0.05, 0.1) is 23.1 Å². The first kappa shape index (κ1) is 20.4. The molecule has 4 nitrogen and oxygen atoms in total. The predicted molar refractivity (Wildman–Crippen MR) is 146 cm³/mol. The molecule has 0 saturated heterocycles. The molecule has 7 aromatic rings. The molecule has 0 radical (unpaired) electrons. The Morgan fingerprint density at radius 2 is 1.19 bits per heavy atom. The predicted octanol–water partition coefficient (Wildman–Crippen LogP) is 7.73. The van der Waals surface area contributed by atoms with Gasteiger partial charge in [-0.3, -0.25) is 4.98 Å². The van der Waals surface area contributed by atoms with Crippen LogP contribution in [0.1, 0.15) is 0 Å². The van der Waals surface area contributed by atoms with Gasteiger partial charge < -0.3 is 0 Å². The quantitative estimate of drug-likeness (QED) is 0.253. The molecule has 7 rings (SSSR count). The third kappa shape index (κ3) is 3.39. The van der Waals surface area contributed by atoms with Gasteiger partial charge in [-0.15, -0.1) is 0 Å². The van der Waals surface area contributed by atoms with Gasteiger partial charge in [-0.2, -0.15) is 0 Å². The Kier molecular flexibility index (Phi) is 4.74. The highest BCUT2D eigenvalue weighted by Gasteiger charge is 2.16. The number of hydrogen-bond acceptors (Lipinski definition) is 4. The fourth-order valence-corrected chi connectivity index (χ4v) is 4.78. The third-order valence-corrected chi connectivity index (χ3v) is 6.52. The lowest BCUT2D eigenvalue weighted by Crippen LogP contribution is -1.98. The molecule has 0 atom stereocenters. The van der Waals surface area contributed by atoms with Crippen LogP contribution in [-0.4, -0.2) is 19.9 Å². The Balaban J connectivity index is 1.49. The van der Waals surface area contributed by atoms with Crippen LogP contribution in [0.15, 0.2) is 121 Å². The largest absolute Gasteiger partial charge is 0.250 e. The maximum Gasteiger partial charge on any atom is 0.160 e. The van der Waals surface area contributed by atoms with E-state index in [0.717, 1.165) is 55.4 Å². The normalized spacial score (nSPS) is 11.3. The van der Waals surface area contributed by atoms with Crippen LogP contribution in [0.5, 0.6) is 0 Å². The van der Waals surface area contributed by atoms with E-state index < -0.39 is 0 Å². The summed E-state index contributed by atoms with van der Waals surface area (Å²) in [5.74, 6) is 0.675. The number of benzene rings is 5. The van der Waals surface area contributed by atoms with E-state index in [9.17, 15) is 0 Å². The van der Waals surface area contributed by atoms with Crippen LogP contribution >= 0.6 is 0 Å². The summed E-state index contributed by atoms with van der Waals surface area (Å²) < 4.78 is 0. The molecule has 2 heterocycles. The van der Waals surface area contributed by atoms with E-state index in [1.165, 1.54) is 5.39 Å². The third-order valence-electron chi connectivity index (χ3n) is 6.52. The van der Waals surface area contributed by atoms with Crippen molar-refractivity contribution in [1.29, 1.82) is 0 Å². The first-order valence-corrected chi connectivity index (χ1v) is 11.9. The maximum atomic E-state index is 5.03. The summed E-state index contributed by atoms with van der Waals surface area (Å²) in [6.45, 7) is 0. The Labute approximate surface area is 208 Å². The lowest BCUT2D eigenvalue weighted by atomic mass is 10.0.